The molecular weight excluding hydrogens is 275 g/mol. The van der Waals surface area contributed by atoms with Gasteiger partial charge in [-0.2, -0.15) is 0 Å². The van der Waals surface area contributed by atoms with Crippen LogP contribution in [0.4, 0.5) is 4.39 Å². The lowest BCUT2D eigenvalue weighted by Crippen LogP contribution is -2.30. The molecule has 3 rings (SSSR count). The van der Waals surface area contributed by atoms with Crippen molar-refractivity contribution in [1.29, 1.82) is 0 Å². The molecule has 1 atom stereocenters. The van der Waals surface area contributed by atoms with E-state index >= 15 is 0 Å². The Hall–Kier alpha value is -0.910. The van der Waals surface area contributed by atoms with Gasteiger partial charge in [-0.3, -0.25) is 0 Å². The molecule has 96 valence electrons. The Morgan fingerprint density at radius 1 is 1.56 bits per heavy atom. The second-order valence-corrected chi connectivity index (χ2v) is 5.64. The summed E-state index contributed by atoms with van der Waals surface area (Å²) in [6, 6.07) is 2.99. The number of ether oxygens (including phenoxy) is 1. The standard InChI is InChI=1S/C12H12ClFN2OS/c1-12(2-3-17-6-12)16-10-5-8(14)7(13)4-9(10)15-11(16)18/h4-5H,2-3,6H2,1H3,(H,15,18). The molecule has 1 aliphatic rings. The fourth-order valence-corrected chi connectivity index (χ4v) is 3.06. The highest BCUT2D eigenvalue weighted by atomic mass is 35.5. The first-order valence-electron chi connectivity index (χ1n) is 5.69. The first-order valence-corrected chi connectivity index (χ1v) is 6.48. The number of aromatic nitrogens is 2. The number of fused-ring (bicyclic) bond motifs is 1. The molecule has 1 fully saturated rings. The summed E-state index contributed by atoms with van der Waals surface area (Å²) in [5.41, 5.74) is 1.25. The Balaban J connectivity index is 2.32. The number of nitrogens with one attached hydrogen (secondary N) is 1. The molecule has 6 heteroatoms. The van der Waals surface area contributed by atoms with Gasteiger partial charge in [0, 0.05) is 12.7 Å². The monoisotopic (exact) mass is 286 g/mol. The van der Waals surface area contributed by atoms with Gasteiger partial charge in [0.2, 0.25) is 0 Å². The zero-order chi connectivity index (χ0) is 12.9. The van der Waals surface area contributed by atoms with Crippen molar-refractivity contribution in [1.82, 2.24) is 9.55 Å². The van der Waals surface area contributed by atoms with E-state index in [1.807, 2.05) is 4.57 Å². The largest absolute Gasteiger partial charge is 0.379 e. The van der Waals surface area contributed by atoms with Crippen LogP contribution in [0.15, 0.2) is 12.1 Å². The van der Waals surface area contributed by atoms with Crippen molar-refractivity contribution < 1.29 is 9.13 Å². The molecule has 0 aliphatic carbocycles. The highest BCUT2D eigenvalue weighted by molar-refractivity contribution is 7.71. The number of imidazole rings is 1. The van der Waals surface area contributed by atoms with Crippen LogP contribution in [0.5, 0.6) is 0 Å². The summed E-state index contributed by atoms with van der Waals surface area (Å²) < 4.78 is 21.6. The van der Waals surface area contributed by atoms with Crippen molar-refractivity contribution in [2.24, 2.45) is 0 Å². The molecule has 0 amide bonds. The average Bonchev–Trinajstić information content (AvgIpc) is 2.84. The van der Waals surface area contributed by atoms with Crippen molar-refractivity contribution in [3.05, 3.63) is 27.7 Å². The summed E-state index contributed by atoms with van der Waals surface area (Å²) in [7, 11) is 0. The molecule has 1 aliphatic heterocycles. The van der Waals surface area contributed by atoms with Gasteiger partial charge in [0.1, 0.15) is 5.82 Å². The molecule has 0 spiro atoms. The number of aromatic amines is 1. The summed E-state index contributed by atoms with van der Waals surface area (Å²) in [6.07, 6.45) is 0.860. The molecule has 1 aromatic carbocycles. The Morgan fingerprint density at radius 3 is 3.00 bits per heavy atom. The molecular formula is C12H12ClFN2OS. The highest BCUT2D eigenvalue weighted by Gasteiger charge is 2.33. The maximum absolute atomic E-state index is 13.6. The van der Waals surface area contributed by atoms with Crippen LogP contribution in [0.1, 0.15) is 13.3 Å². The number of rotatable bonds is 1. The average molecular weight is 287 g/mol. The van der Waals surface area contributed by atoms with E-state index < -0.39 is 5.82 Å². The predicted molar refractivity (Wildman–Crippen MR) is 71.2 cm³/mol. The first kappa shape index (κ1) is 12.1. The summed E-state index contributed by atoms with van der Waals surface area (Å²) in [6.45, 7) is 3.34. The first-order chi connectivity index (χ1) is 8.51. The number of halogens is 2. The van der Waals surface area contributed by atoms with Crippen LogP contribution in [0, 0.1) is 10.6 Å². The maximum atomic E-state index is 13.6. The van der Waals surface area contributed by atoms with Crippen LogP contribution in [0.25, 0.3) is 11.0 Å². The van der Waals surface area contributed by atoms with Gasteiger partial charge in [-0.15, -0.1) is 0 Å². The topological polar surface area (TPSA) is 29.9 Å². The maximum Gasteiger partial charge on any atom is 0.178 e. The summed E-state index contributed by atoms with van der Waals surface area (Å²) in [5, 5.41) is 0.0960. The smallest absolute Gasteiger partial charge is 0.178 e. The number of hydrogen-bond acceptors (Lipinski definition) is 2. The number of nitrogens with zero attached hydrogens (tertiary/aromatic N) is 1. The molecule has 2 aromatic rings. The minimum absolute atomic E-state index is 0.0960. The van der Waals surface area contributed by atoms with Crippen LogP contribution in [0.3, 0.4) is 0 Å². The second kappa shape index (κ2) is 4.05. The second-order valence-electron chi connectivity index (χ2n) is 4.85. The van der Waals surface area contributed by atoms with Gasteiger partial charge >= 0.3 is 0 Å². The molecule has 1 unspecified atom stereocenters. The summed E-state index contributed by atoms with van der Waals surface area (Å²) in [5.74, 6) is -0.436. The number of H-pyrrole nitrogens is 1. The van der Waals surface area contributed by atoms with Crippen molar-refractivity contribution in [3.8, 4) is 0 Å². The predicted octanol–water partition coefficient (Wildman–Crippen LogP) is 3.63. The number of benzene rings is 1. The Morgan fingerprint density at radius 2 is 2.33 bits per heavy atom. The van der Waals surface area contributed by atoms with Crippen molar-refractivity contribution in [3.63, 3.8) is 0 Å². The molecule has 0 bridgehead atoms. The van der Waals surface area contributed by atoms with Gasteiger partial charge < -0.3 is 14.3 Å². The van der Waals surface area contributed by atoms with E-state index in [-0.39, 0.29) is 10.6 Å². The third-order valence-electron chi connectivity index (χ3n) is 3.46. The third-order valence-corrected chi connectivity index (χ3v) is 4.04. The van der Waals surface area contributed by atoms with E-state index in [2.05, 4.69) is 11.9 Å². The number of hydrogen-bond donors (Lipinski definition) is 1. The van der Waals surface area contributed by atoms with E-state index in [9.17, 15) is 4.39 Å². The summed E-state index contributed by atoms with van der Waals surface area (Å²) >= 11 is 11.1. The van der Waals surface area contributed by atoms with Crippen LogP contribution in [-0.4, -0.2) is 22.8 Å². The van der Waals surface area contributed by atoms with Gasteiger partial charge in [0.15, 0.2) is 4.77 Å². The molecule has 2 heterocycles. The van der Waals surface area contributed by atoms with E-state index in [1.54, 1.807) is 6.07 Å². The highest BCUT2D eigenvalue weighted by Crippen LogP contribution is 2.32. The Labute approximate surface area is 114 Å². The van der Waals surface area contributed by atoms with Crippen molar-refractivity contribution in [2.75, 3.05) is 13.2 Å². The van der Waals surface area contributed by atoms with Gasteiger partial charge in [0.25, 0.3) is 0 Å². The van der Waals surface area contributed by atoms with E-state index in [4.69, 9.17) is 28.6 Å². The summed E-state index contributed by atoms with van der Waals surface area (Å²) in [4.78, 5) is 3.07. The zero-order valence-electron chi connectivity index (χ0n) is 9.80. The molecule has 1 aromatic heterocycles. The van der Waals surface area contributed by atoms with E-state index in [1.165, 1.54) is 6.07 Å². The minimum atomic E-state index is -0.436. The fourth-order valence-electron chi connectivity index (χ4n) is 2.47. The van der Waals surface area contributed by atoms with Gasteiger partial charge in [-0.25, -0.2) is 4.39 Å². The van der Waals surface area contributed by atoms with Gasteiger partial charge in [0.05, 0.1) is 28.2 Å². The Kier molecular flexibility index (Phi) is 2.73. The van der Waals surface area contributed by atoms with Crippen LogP contribution >= 0.6 is 23.8 Å². The van der Waals surface area contributed by atoms with Crippen molar-refractivity contribution >= 4 is 34.9 Å². The van der Waals surface area contributed by atoms with Crippen LogP contribution < -0.4 is 0 Å². The molecule has 1 N–H and O–H groups in total. The third kappa shape index (κ3) is 1.69. The van der Waals surface area contributed by atoms with E-state index in [0.29, 0.717) is 18.0 Å². The fraction of sp³-hybridized carbons (Fsp3) is 0.417. The normalized spacial score (nSPS) is 23.9. The van der Waals surface area contributed by atoms with Gasteiger partial charge in [-0.05, 0) is 31.6 Å². The molecule has 0 radical (unpaired) electrons. The SMILES string of the molecule is CC1(n2c(=S)[nH]c3cc(Cl)c(F)cc32)CCOC1. The lowest BCUT2D eigenvalue weighted by molar-refractivity contribution is 0.162. The Bertz CT molecular complexity index is 673. The quantitative estimate of drug-likeness (QED) is 0.812. The van der Waals surface area contributed by atoms with Crippen LogP contribution in [-0.2, 0) is 10.3 Å². The van der Waals surface area contributed by atoms with Crippen molar-refractivity contribution in [2.45, 2.75) is 18.9 Å². The zero-order valence-corrected chi connectivity index (χ0v) is 11.4. The molecule has 3 nitrogen and oxygen atoms in total. The van der Waals surface area contributed by atoms with Gasteiger partial charge in [-0.1, -0.05) is 11.6 Å². The lowest BCUT2D eigenvalue weighted by atomic mass is 10.0. The molecule has 0 saturated carbocycles. The van der Waals surface area contributed by atoms with Crippen LogP contribution in [0.2, 0.25) is 5.02 Å². The molecule has 1 saturated heterocycles. The van der Waals surface area contributed by atoms with E-state index in [0.717, 1.165) is 17.5 Å². The lowest BCUT2D eigenvalue weighted by Gasteiger charge is -2.24. The minimum Gasteiger partial charge on any atom is -0.379 e. The molecule has 18 heavy (non-hydrogen) atoms.